The Morgan fingerprint density at radius 3 is 2.93 bits per heavy atom. The van der Waals surface area contributed by atoms with Crippen LogP contribution in [0.1, 0.15) is 45.4 Å². The summed E-state index contributed by atoms with van der Waals surface area (Å²) >= 11 is 0. The molecule has 0 aromatic rings. The lowest BCUT2D eigenvalue weighted by molar-refractivity contribution is -0.123. The van der Waals surface area contributed by atoms with Crippen molar-refractivity contribution in [3.63, 3.8) is 0 Å². The minimum Gasteiger partial charge on any atom is -0.356 e. The van der Waals surface area contributed by atoms with E-state index in [4.69, 9.17) is 0 Å². The molecule has 80 valence electrons. The Morgan fingerprint density at radius 2 is 2.21 bits per heavy atom. The van der Waals surface area contributed by atoms with E-state index in [1.165, 1.54) is 13.3 Å². The summed E-state index contributed by atoms with van der Waals surface area (Å²) in [6.45, 7) is 2.15. The molecule has 1 aliphatic rings. The molecule has 1 saturated carbocycles. The smallest absolute Gasteiger partial charge is 0.216 e. The number of hydrogen-bond donors (Lipinski definition) is 1. The normalized spacial score (nSPS) is 22.9. The Morgan fingerprint density at radius 1 is 1.43 bits per heavy atom. The largest absolute Gasteiger partial charge is 0.356 e. The minimum atomic E-state index is -0.00827. The van der Waals surface area contributed by atoms with Gasteiger partial charge in [-0.05, 0) is 19.3 Å². The second-order valence-electron chi connectivity index (χ2n) is 4.03. The van der Waals surface area contributed by atoms with Gasteiger partial charge in [-0.1, -0.05) is 12.8 Å². The summed E-state index contributed by atoms with van der Waals surface area (Å²) in [5, 5.41) is 2.74. The van der Waals surface area contributed by atoms with Gasteiger partial charge in [-0.3, -0.25) is 9.59 Å². The third kappa shape index (κ3) is 3.90. The molecule has 1 rings (SSSR count). The molecule has 14 heavy (non-hydrogen) atoms. The van der Waals surface area contributed by atoms with Crippen LogP contribution in [0, 0.1) is 5.92 Å². The quantitative estimate of drug-likeness (QED) is 0.699. The number of ketones is 1. The van der Waals surface area contributed by atoms with E-state index >= 15 is 0 Å². The number of nitrogens with one attached hydrogen (secondary N) is 1. The van der Waals surface area contributed by atoms with Crippen LogP contribution in [0.25, 0.3) is 0 Å². The van der Waals surface area contributed by atoms with Gasteiger partial charge in [0.15, 0.2) is 0 Å². The predicted octanol–water partition coefficient (Wildman–Crippen LogP) is 1.66. The molecule has 1 unspecified atom stereocenters. The molecule has 0 bridgehead atoms. The van der Waals surface area contributed by atoms with Gasteiger partial charge in [0.05, 0.1) is 0 Å². The van der Waals surface area contributed by atoms with Crippen molar-refractivity contribution in [3.05, 3.63) is 0 Å². The van der Waals surface area contributed by atoms with E-state index in [0.29, 0.717) is 12.3 Å². The van der Waals surface area contributed by atoms with Crippen LogP contribution in [0.15, 0.2) is 0 Å². The lowest BCUT2D eigenvalue weighted by Crippen LogP contribution is -2.25. The van der Waals surface area contributed by atoms with Crippen molar-refractivity contribution >= 4 is 11.7 Å². The fraction of sp³-hybridized carbons (Fsp3) is 0.818. The molecule has 1 aliphatic carbocycles. The molecule has 1 N–H and O–H groups in total. The molecule has 0 heterocycles. The first-order valence-electron chi connectivity index (χ1n) is 5.47. The number of carbonyl (C=O) groups is 2. The van der Waals surface area contributed by atoms with Crippen LogP contribution in [-0.2, 0) is 9.59 Å². The zero-order valence-corrected chi connectivity index (χ0v) is 8.84. The van der Waals surface area contributed by atoms with Crippen molar-refractivity contribution in [1.82, 2.24) is 5.32 Å². The molecule has 0 radical (unpaired) electrons. The number of amides is 1. The molecule has 0 spiro atoms. The first-order valence-corrected chi connectivity index (χ1v) is 5.47. The maximum Gasteiger partial charge on any atom is 0.216 e. The summed E-state index contributed by atoms with van der Waals surface area (Å²) in [7, 11) is 0. The Hall–Kier alpha value is -0.860. The maximum absolute atomic E-state index is 11.6. The van der Waals surface area contributed by atoms with Gasteiger partial charge in [-0.25, -0.2) is 0 Å². The van der Waals surface area contributed by atoms with E-state index in [-0.39, 0.29) is 11.8 Å². The van der Waals surface area contributed by atoms with E-state index in [1.807, 2.05) is 0 Å². The summed E-state index contributed by atoms with van der Waals surface area (Å²) in [6.07, 6.45) is 5.97. The van der Waals surface area contributed by atoms with E-state index in [9.17, 15) is 9.59 Å². The van der Waals surface area contributed by atoms with Gasteiger partial charge in [-0.15, -0.1) is 0 Å². The van der Waals surface area contributed by atoms with Crippen molar-refractivity contribution in [2.24, 2.45) is 5.92 Å². The highest BCUT2D eigenvalue weighted by molar-refractivity contribution is 5.81. The van der Waals surface area contributed by atoms with Gasteiger partial charge >= 0.3 is 0 Å². The highest BCUT2D eigenvalue weighted by Gasteiger charge is 2.19. The van der Waals surface area contributed by atoms with E-state index in [1.54, 1.807) is 0 Å². The van der Waals surface area contributed by atoms with Crippen LogP contribution in [0.5, 0.6) is 0 Å². The van der Waals surface area contributed by atoms with Crippen LogP contribution in [0.4, 0.5) is 0 Å². The first kappa shape index (κ1) is 11.2. The standard InChI is InChI=1S/C11H19NO2/c1-9(13)12-8-7-10-5-3-2-4-6-11(10)14/h10H,2-8H2,1H3,(H,12,13). The predicted molar refractivity (Wildman–Crippen MR) is 54.9 cm³/mol. The van der Waals surface area contributed by atoms with E-state index < -0.39 is 0 Å². The highest BCUT2D eigenvalue weighted by Crippen LogP contribution is 2.22. The summed E-state index contributed by atoms with van der Waals surface area (Å²) in [5.41, 5.74) is 0. The maximum atomic E-state index is 11.6. The monoisotopic (exact) mass is 197 g/mol. The van der Waals surface area contributed by atoms with E-state index in [2.05, 4.69) is 5.32 Å². The minimum absolute atomic E-state index is 0.00827. The van der Waals surface area contributed by atoms with Crippen LogP contribution in [0.2, 0.25) is 0 Å². The Bertz CT molecular complexity index is 213. The molecule has 0 aromatic carbocycles. The first-order chi connectivity index (χ1) is 6.70. The Balaban J connectivity index is 2.26. The van der Waals surface area contributed by atoms with Crippen molar-refractivity contribution in [3.8, 4) is 0 Å². The van der Waals surface area contributed by atoms with Crippen LogP contribution >= 0.6 is 0 Å². The SMILES string of the molecule is CC(=O)NCCC1CCCCCC1=O. The molecule has 0 saturated heterocycles. The van der Waals surface area contributed by atoms with Crippen LogP contribution in [-0.4, -0.2) is 18.2 Å². The molecular weight excluding hydrogens is 178 g/mol. The fourth-order valence-electron chi connectivity index (χ4n) is 1.96. The second-order valence-corrected chi connectivity index (χ2v) is 4.03. The molecule has 1 fully saturated rings. The number of carbonyl (C=O) groups excluding carboxylic acids is 2. The average Bonchev–Trinajstić information content (AvgIpc) is 2.31. The molecule has 0 aromatic heterocycles. The lowest BCUT2D eigenvalue weighted by Gasteiger charge is -2.12. The number of rotatable bonds is 3. The Kier molecular flexibility index (Phi) is 4.63. The average molecular weight is 197 g/mol. The Labute approximate surface area is 85.3 Å². The zero-order chi connectivity index (χ0) is 10.4. The van der Waals surface area contributed by atoms with Crippen molar-refractivity contribution < 1.29 is 9.59 Å². The highest BCUT2D eigenvalue weighted by atomic mass is 16.1. The van der Waals surface area contributed by atoms with Crippen molar-refractivity contribution in [2.45, 2.75) is 45.4 Å². The van der Waals surface area contributed by atoms with Gasteiger partial charge in [0.2, 0.25) is 5.91 Å². The van der Waals surface area contributed by atoms with Gasteiger partial charge in [-0.2, -0.15) is 0 Å². The summed E-state index contributed by atoms with van der Waals surface area (Å²) < 4.78 is 0. The third-order valence-electron chi connectivity index (χ3n) is 2.80. The fourth-order valence-corrected chi connectivity index (χ4v) is 1.96. The van der Waals surface area contributed by atoms with Crippen LogP contribution in [0.3, 0.4) is 0 Å². The van der Waals surface area contributed by atoms with Gasteiger partial charge in [0.1, 0.15) is 5.78 Å². The molecule has 0 aliphatic heterocycles. The molecule has 1 atom stereocenters. The lowest BCUT2D eigenvalue weighted by atomic mass is 9.95. The number of Topliss-reactive ketones (excluding diaryl/α,β-unsaturated/α-hetero) is 1. The zero-order valence-electron chi connectivity index (χ0n) is 8.84. The van der Waals surface area contributed by atoms with E-state index in [0.717, 1.165) is 32.1 Å². The summed E-state index contributed by atoms with van der Waals surface area (Å²) in [6, 6.07) is 0. The molecule has 3 nitrogen and oxygen atoms in total. The number of hydrogen-bond acceptors (Lipinski definition) is 2. The second kappa shape index (κ2) is 5.78. The van der Waals surface area contributed by atoms with Crippen molar-refractivity contribution in [2.75, 3.05) is 6.54 Å². The van der Waals surface area contributed by atoms with Gasteiger partial charge < -0.3 is 5.32 Å². The molecule has 1 amide bonds. The van der Waals surface area contributed by atoms with Crippen LogP contribution < -0.4 is 5.32 Å². The summed E-state index contributed by atoms with van der Waals surface area (Å²) in [5.74, 6) is 0.586. The van der Waals surface area contributed by atoms with Crippen molar-refractivity contribution in [1.29, 1.82) is 0 Å². The molecule has 3 heteroatoms. The topological polar surface area (TPSA) is 46.2 Å². The third-order valence-corrected chi connectivity index (χ3v) is 2.80. The van der Waals surface area contributed by atoms with Gasteiger partial charge in [0.25, 0.3) is 0 Å². The molecular formula is C11H19NO2. The van der Waals surface area contributed by atoms with Gasteiger partial charge in [0, 0.05) is 25.8 Å². The summed E-state index contributed by atoms with van der Waals surface area (Å²) in [4.78, 5) is 22.2.